The third-order valence-electron chi connectivity index (χ3n) is 3.20. The van der Waals surface area contributed by atoms with Crippen LogP contribution in [0.1, 0.15) is 11.3 Å². The minimum atomic E-state index is -0.209. The Hall–Kier alpha value is -2.14. The second-order valence-corrected chi connectivity index (χ2v) is 4.65. The van der Waals surface area contributed by atoms with E-state index in [4.69, 9.17) is 0 Å². The van der Waals surface area contributed by atoms with Crippen LogP contribution in [0.3, 0.4) is 0 Å². The van der Waals surface area contributed by atoms with Crippen LogP contribution in [-0.4, -0.2) is 35.5 Å². The van der Waals surface area contributed by atoms with Crippen molar-refractivity contribution in [2.24, 2.45) is 0 Å². The third-order valence-corrected chi connectivity index (χ3v) is 3.20. The van der Waals surface area contributed by atoms with E-state index in [2.05, 4.69) is 20.6 Å². The average Bonchev–Trinajstić information content (AvgIpc) is 2.99. The highest BCUT2D eigenvalue weighted by Crippen LogP contribution is 2.03. The van der Waals surface area contributed by atoms with E-state index in [-0.39, 0.29) is 11.9 Å². The zero-order chi connectivity index (χ0) is 14.2. The summed E-state index contributed by atoms with van der Waals surface area (Å²) >= 11 is 0. The van der Waals surface area contributed by atoms with E-state index in [1.165, 1.54) is 0 Å². The Labute approximate surface area is 118 Å². The molecule has 1 atom stereocenters. The Morgan fingerprint density at radius 3 is 2.80 bits per heavy atom. The summed E-state index contributed by atoms with van der Waals surface area (Å²) < 4.78 is 0. The van der Waals surface area contributed by atoms with Crippen molar-refractivity contribution in [1.29, 1.82) is 0 Å². The largest absolute Gasteiger partial charge is 0.354 e. The summed E-state index contributed by atoms with van der Waals surface area (Å²) in [6.07, 6.45) is 4.86. The fourth-order valence-electron chi connectivity index (χ4n) is 2.04. The molecule has 1 aromatic heterocycles. The summed E-state index contributed by atoms with van der Waals surface area (Å²) in [5.74, 6) is 0.0240. The van der Waals surface area contributed by atoms with Gasteiger partial charge in [0.15, 0.2) is 0 Å². The summed E-state index contributed by atoms with van der Waals surface area (Å²) in [6, 6.07) is 9.79. The summed E-state index contributed by atoms with van der Waals surface area (Å²) in [4.78, 5) is 19.1. The maximum Gasteiger partial charge on any atom is 0.237 e. The Morgan fingerprint density at radius 2 is 2.15 bits per heavy atom. The molecule has 5 nitrogen and oxygen atoms in total. The van der Waals surface area contributed by atoms with E-state index in [0.29, 0.717) is 13.0 Å². The Kier molecular flexibility index (Phi) is 5.32. The molecule has 3 N–H and O–H groups in total. The van der Waals surface area contributed by atoms with Gasteiger partial charge in [0.25, 0.3) is 0 Å². The van der Waals surface area contributed by atoms with Crippen molar-refractivity contribution in [3.8, 4) is 0 Å². The van der Waals surface area contributed by atoms with Crippen LogP contribution in [0, 0.1) is 0 Å². The average molecular weight is 272 g/mol. The molecule has 1 amide bonds. The summed E-state index contributed by atoms with van der Waals surface area (Å²) in [6.45, 7) is 0.605. The minimum absolute atomic E-state index is 0.0240. The Balaban J connectivity index is 1.79. The van der Waals surface area contributed by atoms with E-state index in [9.17, 15) is 4.79 Å². The molecule has 0 aliphatic rings. The standard InChI is InChI=1S/C15H20N4O/c1-16-14(9-12-5-3-2-4-6-12)15(20)18-8-7-13-10-17-11-19-13/h2-6,10-11,14,16H,7-9H2,1H3,(H,17,19)(H,18,20)/t14-/m1/s1. The first-order valence-electron chi connectivity index (χ1n) is 6.75. The van der Waals surface area contributed by atoms with Gasteiger partial charge in [-0.15, -0.1) is 0 Å². The van der Waals surface area contributed by atoms with Gasteiger partial charge < -0.3 is 15.6 Å². The molecule has 5 heteroatoms. The number of aromatic nitrogens is 2. The number of amides is 1. The van der Waals surface area contributed by atoms with E-state index >= 15 is 0 Å². The van der Waals surface area contributed by atoms with E-state index in [1.54, 1.807) is 12.5 Å². The Morgan fingerprint density at radius 1 is 1.35 bits per heavy atom. The maximum absolute atomic E-state index is 12.1. The second-order valence-electron chi connectivity index (χ2n) is 4.65. The molecule has 2 rings (SSSR count). The van der Waals surface area contributed by atoms with Gasteiger partial charge in [0.1, 0.15) is 0 Å². The molecule has 0 fully saturated rings. The number of likely N-dealkylation sites (N-methyl/N-ethyl adjacent to an activating group) is 1. The van der Waals surface area contributed by atoms with Gasteiger partial charge in [-0.25, -0.2) is 4.98 Å². The molecule has 2 aromatic rings. The highest BCUT2D eigenvalue weighted by atomic mass is 16.2. The minimum Gasteiger partial charge on any atom is -0.354 e. The lowest BCUT2D eigenvalue weighted by Gasteiger charge is -2.16. The summed E-state index contributed by atoms with van der Waals surface area (Å²) in [5.41, 5.74) is 2.17. The number of imidazole rings is 1. The lowest BCUT2D eigenvalue weighted by atomic mass is 10.1. The van der Waals surface area contributed by atoms with Crippen LogP contribution in [0.15, 0.2) is 42.9 Å². The number of carbonyl (C=O) groups is 1. The predicted octanol–water partition coefficient (Wildman–Crippen LogP) is 0.899. The number of nitrogens with one attached hydrogen (secondary N) is 3. The molecule has 1 aromatic carbocycles. The van der Waals surface area contributed by atoms with Gasteiger partial charge in [-0.2, -0.15) is 0 Å². The van der Waals surface area contributed by atoms with Gasteiger partial charge in [0.2, 0.25) is 5.91 Å². The molecule has 0 saturated heterocycles. The molecular formula is C15H20N4O. The van der Waals surface area contributed by atoms with Gasteiger partial charge in [-0.05, 0) is 19.0 Å². The highest BCUT2D eigenvalue weighted by molar-refractivity contribution is 5.82. The van der Waals surface area contributed by atoms with Crippen molar-refractivity contribution >= 4 is 5.91 Å². The fraction of sp³-hybridized carbons (Fsp3) is 0.333. The maximum atomic E-state index is 12.1. The smallest absolute Gasteiger partial charge is 0.237 e. The highest BCUT2D eigenvalue weighted by Gasteiger charge is 2.16. The zero-order valence-corrected chi connectivity index (χ0v) is 11.6. The molecule has 0 radical (unpaired) electrons. The number of rotatable bonds is 7. The SMILES string of the molecule is CN[C@H](Cc1ccccc1)C(=O)NCCc1cnc[nH]1. The summed E-state index contributed by atoms with van der Waals surface area (Å²) in [7, 11) is 1.81. The monoisotopic (exact) mass is 272 g/mol. The van der Waals surface area contributed by atoms with Gasteiger partial charge in [0, 0.05) is 24.9 Å². The number of hydrogen-bond donors (Lipinski definition) is 3. The van der Waals surface area contributed by atoms with Crippen molar-refractivity contribution in [1.82, 2.24) is 20.6 Å². The molecule has 0 aliphatic carbocycles. The van der Waals surface area contributed by atoms with Crippen molar-refractivity contribution in [3.05, 3.63) is 54.1 Å². The topological polar surface area (TPSA) is 69.8 Å². The first-order chi connectivity index (χ1) is 9.79. The number of aromatic amines is 1. The predicted molar refractivity (Wildman–Crippen MR) is 78.3 cm³/mol. The number of H-pyrrole nitrogens is 1. The lowest BCUT2D eigenvalue weighted by molar-refractivity contribution is -0.122. The molecular weight excluding hydrogens is 252 g/mol. The second kappa shape index (κ2) is 7.45. The van der Waals surface area contributed by atoms with Crippen LogP contribution in [0.2, 0.25) is 0 Å². The van der Waals surface area contributed by atoms with Crippen LogP contribution in [0.4, 0.5) is 0 Å². The van der Waals surface area contributed by atoms with Crippen molar-refractivity contribution in [2.45, 2.75) is 18.9 Å². The van der Waals surface area contributed by atoms with Crippen LogP contribution in [0.5, 0.6) is 0 Å². The van der Waals surface area contributed by atoms with Crippen LogP contribution in [-0.2, 0) is 17.6 Å². The van der Waals surface area contributed by atoms with Crippen LogP contribution >= 0.6 is 0 Å². The molecule has 106 valence electrons. The normalized spacial score (nSPS) is 12.1. The third kappa shape index (κ3) is 4.20. The Bertz CT molecular complexity index is 510. The number of carbonyl (C=O) groups excluding carboxylic acids is 1. The quantitative estimate of drug-likeness (QED) is 0.701. The first-order valence-corrected chi connectivity index (χ1v) is 6.75. The lowest BCUT2D eigenvalue weighted by Crippen LogP contribution is -2.44. The van der Waals surface area contributed by atoms with E-state index in [1.807, 2.05) is 37.4 Å². The molecule has 0 aliphatic heterocycles. The van der Waals surface area contributed by atoms with E-state index < -0.39 is 0 Å². The van der Waals surface area contributed by atoms with Crippen LogP contribution in [0.25, 0.3) is 0 Å². The molecule has 0 saturated carbocycles. The molecule has 0 unspecified atom stereocenters. The number of nitrogens with zero attached hydrogens (tertiary/aromatic N) is 1. The molecule has 1 heterocycles. The van der Waals surface area contributed by atoms with Crippen LogP contribution < -0.4 is 10.6 Å². The first kappa shape index (κ1) is 14.3. The van der Waals surface area contributed by atoms with Gasteiger partial charge in [0.05, 0.1) is 12.4 Å². The molecule has 0 spiro atoms. The summed E-state index contributed by atoms with van der Waals surface area (Å²) in [5, 5.41) is 6.00. The number of benzene rings is 1. The van der Waals surface area contributed by atoms with Crippen molar-refractivity contribution < 1.29 is 4.79 Å². The zero-order valence-electron chi connectivity index (χ0n) is 11.6. The van der Waals surface area contributed by atoms with Crippen molar-refractivity contribution in [3.63, 3.8) is 0 Å². The fourth-order valence-corrected chi connectivity index (χ4v) is 2.04. The number of hydrogen-bond acceptors (Lipinski definition) is 3. The van der Waals surface area contributed by atoms with E-state index in [0.717, 1.165) is 17.7 Å². The van der Waals surface area contributed by atoms with Gasteiger partial charge in [-0.1, -0.05) is 30.3 Å². The molecule has 20 heavy (non-hydrogen) atoms. The van der Waals surface area contributed by atoms with Gasteiger partial charge in [-0.3, -0.25) is 4.79 Å². The van der Waals surface area contributed by atoms with Gasteiger partial charge >= 0.3 is 0 Å². The molecule has 0 bridgehead atoms. The van der Waals surface area contributed by atoms with Crippen molar-refractivity contribution in [2.75, 3.05) is 13.6 Å².